The largest absolute Gasteiger partial charge is 0.310 e. The molecule has 20 heavy (non-hydrogen) atoms. The van der Waals surface area contributed by atoms with E-state index in [2.05, 4.69) is 41.2 Å². The molecule has 0 heterocycles. The van der Waals surface area contributed by atoms with Gasteiger partial charge in [0, 0.05) is 10.5 Å². The lowest BCUT2D eigenvalue weighted by atomic mass is 9.72. The fourth-order valence-electron chi connectivity index (χ4n) is 3.67. The molecule has 1 aliphatic rings. The zero-order valence-corrected chi connectivity index (χ0v) is 14.0. The summed E-state index contributed by atoms with van der Waals surface area (Å²) in [5.41, 5.74) is 1.09. The lowest BCUT2D eigenvalue weighted by Crippen LogP contribution is -2.34. The number of hydrogen-bond acceptors (Lipinski definition) is 1. The van der Waals surface area contributed by atoms with Gasteiger partial charge in [-0.15, -0.1) is 0 Å². The fraction of sp³-hybridized carbons (Fsp3) is 0.647. The molecular formula is C17H25BrFN. The summed E-state index contributed by atoms with van der Waals surface area (Å²) in [5.74, 6) is 1.23. The van der Waals surface area contributed by atoms with Crippen molar-refractivity contribution >= 4 is 15.9 Å². The van der Waals surface area contributed by atoms with Crippen LogP contribution in [0, 0.1) is 17.7 Å². The van der Waals surface area contributed by atoms with Crippen LogP contribution >= 0.6 is 15.9 Å². The van der Waals surface area contributed by atoms with Crippen LogP contribution in [-0.2, 0) is 0 Å². The van der Waals surface area contributed by atoms with E-state index in [-0.39, 0.29) is 11.9 Å². The Morgan fingerprint density at radius 1 is 1.25 bits per heavy atom. The minimum absolute atomic E-state index is 0.152. The SMILES string of the molecule is CCNC(c1cc(F)cc(Br)c1)C1CCCCC1CC. The highest BCUT2D eigenvalue weighted by atomic mass is 79.9. The van der Waals surface area contributed by atoms with Crippen LogP contribution in [0.3, 0.4) is 0 Å². The summed E-state index contributed by atoms with van der Waals surface area (Å²) in [6.07, 6.45) is 6.45. The van der Waals surface area contributed by atoms with Crippen LogP contribution in [0.1, 0.15) is 57.6 Å². The molecule has 1 fully saturated rings. The van der Waals surface area contributed by atoms with Crippen molar-refractivity contribution in [2.75, 3.05) is 6.54 Å². The van der Waals surface area contributed by atoms with Crippen molar-refractivity contribution in [3.05, 3.63) is 34.1 Å². The smallest absolute Gasteiger partial charge is 0.124 e. The molecule has 0 amide bonds. The van der Waals surface area contributed by atoms with E-state index < -0.39 is 0 Å². The quantitative estimate of drug-likeness (QED) is 0.750. The molecule has 0 aromatic heterocycles. The Hall–Kier alpha value is -0.410. The van der Waals surface area contributed by atoms with E-state index >= 15 is 0 Å². The minimum atomic E-state index is -0.152. The van der Waals surface area contributed by atoms with E-state index in [4.69, 9.17) is 0 Å². The molecule has 3 atom stereocenters. The highest BCUT2D eigenvalue weighted by Crippen LogP contribution is 2.40. The summed E-state index contributed by atoms with van der Waals surface area (Å²) < 4.78 is 14.5. The van der Waals surface area contributed by atoms with Gasteiger partial charge in [-0.1, -0.05) is 55.5 Å². The van der Waals surface area contributed by atoms with Gasteiger partial charge in [0.15, 0.2) is 0 Å². The van der Waals surface area contributed by atoms with E-state index in [1.54, 1.807) is 6.07 Å². The third-order valence-electron chi connectivity index (χ3n) is 4.59. The van der Waals surface area contributed by atoms with Gasteiger partial charge in [0.1, 0.15) is 5.82 Å². The van der Waals surface area contributed by atoms with Crippen molar-refractivity contribution in [3.63, 3.8) is 0 Å². The summed E-state index contributed by atoms with van der Waals surface area (Å²) in [4.78, 5) is 0. The van der Waals surface area contributed by atoms with E-state index in [1.165, 1.54) is 38.2 Å². The molecule has 1 aromatic carbocycles. The Morgan fingerprint density at radius 2 is 2.00 bits per heavy atom. The molecule has 0 bridgehead atoms. The van der Waals surface area contributed by atoms with Gasteiger partial charge in [-0.3, -0.25) is 0 Å². The molecule has 0 spiro atoms. The Bertz CT molecular complexity index is 415. The standard InChI is InChI=1S/C17H25BrFN/c1-3-12-7-5-6-8-16(12)17(20-4-2)13-9-14(18)11-15(19)10-13/h9-12,16-17,20H,3-8H2,1-2H3. The Balaban J connectivity index is 2.28. The van der Waals surface area contributed by atoms with Crippen LogP contribution in [0.4, 0.5) is 4.39 Å². The lowest BCUT2D eigenvalue weighted by molar-refractivity contribution is 0.176. The molecule has 112 valence electrons. The van der Waals surface area contributed by atoms with E-state index in [0.717, 1.165) is 22.5 Å². The van der Waals surface area contributed by atoms with Crippen molar-refractivity contribution in [1.82, 2.24) is 5.32 Å². The molecule has 0 aliphatic heterocycles. The summed E-state index contributed by atoms with van der Waals surface area (Å²) in [5, 5.41) is 3.60. The normalized spacial score (nSPS) is 24.6. The third kappa shape index (κ3) is 3.82. The van der Waals surface area contributed by atoms with Crippen molar-refractivity contribution in [2.24, 2.45) is 11.8 Å². The second-order valence-electron chi connectivity index (χ2n) is 5.85. The molecule has 3 heteroatoms. The monoisotopic (exact) mass is 341 g/mol. The van der Waals surface area contributed by atoms with Gasteiger partial charge in [0.05, 0.1) is 0 Å². The van der Waals surface area contributed by atoms with E-state index in [9.17, 15) is 4.39 Å². The first-order chi connectivity index (χ1) is 9.65. The van der Waals surface area contributed by atoms with Crippen molar-refractivity contribution in [3.8, 4) is 0 Å². The van der Waals surface area contributed by atoms with Crippen molar-refractivity contribution in [1.29, 1.82) is 0 Å². The van der Waals surface area contributed by atoms with Crippen LogP contribution < -0.4 is 5.32 Å². The van der Waals surface area contributed by atoms with E-state index in [1.807, 2.05) is 0 Å². The number of halogens is 2. The highest BCUT2D eigenvalue weighted by molar-refractivity contribution is 9.10. The zero-order chi connectivity index (χ0) is 14.5. The van der Waals surface area contributed by atoms with Crippen LogP contribution in [0.25, 0.3) is 0 Å². The Kier molecular flexibility index (Phi) is 6.03. The number of nitrogens with one attached hydrogen (secondary N) is 1. The number of rotatable bonds is 5. The molecule has 0 saturated heterocycles. The molecule has 1 N–H and O–H groups in total. The second-order valence-corrected chi connectivity index (χ2v) is 6.77. The fourth-order valence-corrected chi connectivity index (χ4v) is 4.16. The average Bonchev–Trinajstić information content (AvgIpc) is 2.43. The Labute approximate surface area is 130 Å². The van der Waals surface area contributed by atoms with Crippen molar-refractivity contribution in [2.45, 2.75) is 52.0 Å². The zero-order valence-electron chi connectivity index (χ0n) is 12.5. The maximum absolute atomic E-state index is 13.7. The Morgan fingerprint density at radius 3 is 2.65 bits per heavy atom. The first-order valence-electron chi connectivity index (χ1n) is 7.85. The molecule has 2 rings (SSSR count). The average molecular weight is 342 g/mol. The molecule has 1 aromatic rings. The van der Waals surface area contributed by atoms with Gasteiger partial charge < -0.3 is 5.32 Å². The predicted molar refractivity (Wildman–Crippen MR) is 86.3 cm³/mol. The van der Waals surface area contributed by atoms with Crippen LogP contribution in [-0.4, -0.2) is 6.54 Å². The first kappa shape index (κ1) is 16.0. The number of benzene rings is 1. The summed E-state index contributed by atoms with van der Waals surface area (Å²) in [7, 11) is 0. The summed E-state index contributed by atoms with van der Waals surface area (Å²) in [6.45, 7) is 5.34. The predicted octanol–water partition coefficient (Wildman–Crippen LogP) is 5.46. The maximum atomic E-state index is 13.7. The maximum Gasteiger partial charge on any atom is 0.124 e. The van der Waals surface area contributed by atoms with Gasteiger partial charge >= 0.3 is 0 Å². The van der Waals surface area contributed by atoms with Gasteiger partial charge in [-0.05, 0) is 48.6 Å². The first-order valence-corrected chi connectivity index (χ1v) is 8.64. The summed E-state index contributed by atoms with van der Waals surface area (Å²) >= 11 is 3.42. The molecule has 1 nitrogen and oxygen atoms in total. The topological polar surface area (TPSA) is 12.0 Å². The highest BCUT2D eigenvalue weighted by Gasteiger charge is 2.31. The van der Waals surface area contributed by atoms with Crippen LogP contribution in [0.2, 0.25) is 0 Å². The summed E-state index contributed by atoms with van der Waals surface area (Å²) in [6, 6.07) is 5.57. The third-order valence-corrected chi connectivity index (χ3v) is 5.05. The second kappa shape index (κ2) is 7.56. The minimum Gasteiger partial charge on any atom is -0.310 e. The molecular weight excluding hydrogens is 317 g/mol. The number of hydrogen-bond donors (Lipinski definition) is 1. The van der Waals surface area contributed by atoms with Gasteiger partial charge in [-0.2, -0.15) is 0 Å². The molecule has 0 radical (unpaired) electrons. The molecule has 1 aliphatic carbocycles. The lowest BCUT2D eigenvalue weighted by Gasteiger charge is -2.37. The molecule has 1 saturated carbocycles. The van der Waals surface area contributed by atoms with Crippen LogP contribution in [0.5, 0.6) is 0 Å². The van der Waals surface area contributed by atoms with Crippen molar-refractivity contribution < 1.29 is 4.39 Å². The van der Waals surface area contributed by atoms with E-state index in [0.29, 0.717) is 5.92 Å². The molecule has 3 unspecified atom stereocenters. The van der Waals surface area contributed by atoms with Gasteiger partial charge in [-0.25, -0.2) is 4.39 Å². The van der Waals surface area contributed by atoms with Gasteiger partial charge in [0.25, 0.3) is 0 Å². The van der Waals surface area contributed by atoms with Crippen LogP contribution in [0.15, 0.2) is 22.7 Å². The van der Waals surface area contributed by atoms with Gasteiger partial charge in [0.2, 0.25) is 0 Å².